The number of halogens is 1. The predicted molar refractivity (Wildman–Crippen MR) is 45.4 cm³/mol. The third-order valence-electron chi connectivity index (χ3n) is 2.49. The van der Waals surface area contributed by atoms with Crippen molar-refractivity contribution < 1.29 is 4.39 Å². The molecule has 0 aromatic rings. The van der Waals surface area contributed by atoms with Gasteiger partial charge in [-0.1, -0.05) is 6.92 Å². The van der Waals surface area contributed by atoms with Crippen LogP contribution in [0.3, 0.4) is 0 Å². The molecule has 1 aliphatic heterocycles. The van der Waals surface area contributed by atoms with E-state index in [1.807, 2.05) is 0 Å². The minimum atomic E-state index is -0.169. The third-order valence-corrected chi connectivity index (χ3v) is 2.49. The van der Waals surface area contributed by atoms with Gasteiger partial charge in [0.05, 0.1) is 6.67 Å². The molecule has 0 aliphatic carbocycles. The molecule has 0 amide bonds. The average molecular weight is 159 g/mol. The van der Waals surface area contributed by atoms with Gasteiger partial charge >= 0.3 is 0 Å². The van der Waals surface area contributed by atoms with Crippen molar-refractivity contribution in [3.05, 3.63) is 0 Å². The topological polar surface area (TPSA) is 3.24 Å². The van der Waals surface area contributed by atoms with Gasteiger partial charge in [0.1, 0.15) is 0 Å². The van der Waals surface area contributed by atoms with Crippen molar-refractivity contribution in [2.75, 3.05) is 19.8 Å². The first-order valence-electron chi connectivity index (χ1n) is 4.54. The highest BCUT2D eigenvalue weighted by Gasteiger charge is 2.24. The van der Waals surface area contributed by atoms with E-state index in [0.29, 0.717) is 12.5 Å². The van der Waals surface area contributed by atoms with Gasteiger partial charge in [-0.2, -0.15) is 0 Å². The molecule has 1 fully saturated rings. The van der Waals surface area contributed by atoms with Gasteiger partial charge in [-0.25, -0.2) is 0 Å². The minimum absolute atomic E-state index is 0.169. The average Bonchev–Trinajstić information content (AvgIpc) is 2.26. The number of alkyl halides is 1. The summed E-state index contributed by atoms with van der Waals surface area (Å²) in [5.41, 5.74) is 0. The molecule has 0 radical (unpaired) electrons. The van der Waals surface area contributed by atoms with Crippen LogP contribution in [0, 0.1) is 5.92 Å². The first-order chi connectivity index (χ1) is 5.24. The molecule has 2 heteroatoms. The van der Waals surface area contributed by atoms with Crippen molar-refractivity contribution in [2.45, 2.75) is 32.7 Å². The van der Waals surface area contributed by atoms with Crippen LogP contribution in [-0.4, -0.2) is 30.7 Å². The van der Waals surface area contributed by atoms with E-state index in [2.05, 4.69) is 18.7 Å². The van der Waals surface area contributed by atoms with Gasteiger partial charge in [0.15, 0.2) is 0 Å². The largest absolute Gasteiger partial charge is 0.300 e. The van der Waals surface area contributed by atoms with Gasteiger partial charge in [0, 0.05) is 19.1 Å². The van der Waals surface area contributed by atoms with E-state index in [1.165, 1.54) is 13.0 Å². The van der Waals surface area contributed by atoms with Gasteiger partial charge in [0.2, 0.25) is 0 Å². The highest BCUT2D eigenvalue weighted by Crippen LogP contribution is 2.21. The number of rotatable bonds is 3. The van der Waals surface area contributed by atoms with Crippen molar-refractivity contribution in [2.24, 2.45) is 5.92 Å². The second-order valence-electron chi connectivity index (χ2n) is 3.73. The molecule has 11 heavy (non-hydrogen) atoms. The van der Waals surface area contributed by atoms with Crippen LogP contribution in [-0.2, 0) is 0 Å². The molecule has 0 aromatic heterocycles. The van der Waals surface area contributed by atoms with Crippen LogP contribution in [0.25, 0.3) is 0 Å². The molecule has 0 spiro atoms. The molecule has 0 bridgehead atoms. The van der Waals surface area contributed by atoms with Gasteiger partial charge in [-0.05, 0) is 25.7 Å². The number of hydrogen-bond donors (Lipinski definition) is 0. The zero-order chi connectivity index (χ0) is 8.27. The van der Waals surface area contributed by atoms with Crippen LogP contribution in [0.15, 0.2) is 0 Å². The maximum absolute atomic E-state index is 11.8. The Labute approximate surface area is 68.6 Å². The van der Waals surface area contributed by atoms with E-state index in [1.54, 1.807) is 0 Å². The predicted octanol–water partition coefficient (Wildman–Crippen LogP) is 2.08. The SMILES string of the molecule is CC1CC(C)N(CCCF)C1. The number of likely N-dealkylation sites (tertiary alicyclic amines) is 1. The smallest absolute Gasteiger partial charge is 0.0906 e. The molecular formula is C9H18FN. The molecule has 0 aromatic carbocycles. The van der Waals surface area contributed by atoms with Crippen molar-refractivity contribution in [3.63, 3.8) is 0 Å². The maximum atomic E-state index is 11.8. The van der Waals surface area contributed by atoms with Crippen LogP contribution >= 0.6 is 0 Å². The summed E-state index contributed by atoms with van der Waals surface area (Å²) in [5.74, 6) is 0.810. The summed E-state index contributed by atoms with van der Waals surface area (Å²) in [7, 11) is 0. The molecule has 1 rings (SSSR count). The first-order valence-corrected chi connectivity index (χ1v) is 4.54. The Morgan fingerprint density at radius 3 is 2.64 bits per heavy atom. The second-order valence-corrected chi connectivity index (χ2v) is 3.73. The van der Waals surface area contributed by atoms with E-state index in [-0.39, 0.29) is 6.67 Å². The summed E-state index contributed by atoms with van der Waals surface area (Å²) in [5, 5.41) is 0. The fraction of sp³-hybridized carbons (Fsp3) is 1.00. The lowest BCUT2D eigenvalue weighted by Gasteiger charge is -2.19. The van der Waals surface area contributed by atoms with E-state index in [9.17, 15) is 4.39 Å². The Bertz CT molecular complexity index is 116. The van der Waals surface area contributed by atoms with Crippen molar-refractivity contribution in [1.29, 1.82) is 0 Å². The fourth-order valence-electron chi connectivity index (χ4n) is 1.96. The number of hydrogen-bond acceptors (Lipinski definition) is 1. The third kappa shape index (κ3) is 2.44. The second kappa shape index (κ2) is 4.05. The Kier molecular flexibility index (Phi) is 3.31. The molecule has 0 saturated carbocycles. The molecule has 2 unspecified atom stereocenters. The van der Waals surface area contributed by atoms with Crippen LogP contribution in [0.1, 0.15) is 26.7 Å². The van der Waals surface area contributed by atoms with Gasteiger partial charge in [0.25, 0.3) is 0 Å². The highest BCUT2D eigenvalue weighted by molar-refractivity contribution is 4.79. The number of nitrogens with zero attached hydrogens (tertiary/aromatic N) is 1. The molecular weight excluding hydrogens is 141 g/mol. The molecule has 1 heterocycles. The summed E-state index contributed by atoms with van der Waals surface area (Å²) in [6.07, 6.45) is 1.99. The van der Waals surface area contributed by atoms with Gasteiger partial charge < -0.3 is 4.90 Å². The lowest BCUT2D eigenvalue weighted by Crippen LogP contribution is -2.28. The summed E-state index contributed by atoms with van der Waals surface area (Å²) >= 11 is 0. The summed E-state index contributed by atoms with van der Waals surface area (Å²) < 4.78 is 11.8. The Hall–Kier alpha value is -0.110. The maximum Gasteiger partial charge on any atom is 0.0906 e. The van der Waals surface area contributed by atoms with E-state index in [0.717, 1.165) is 12.5 Å². The van der Waals surface area contributed by atoms with Crippen molar-refractivity contribution in [1.82, 2.24) is 4.90 Å². The van der Waals surface area contributed by atoms with Gasteiger partial charge in [-0.3, -0.25) is 4.39 Å². The summed E-state index contributed by atoms with van der Waals surface area (Å²) in [6.45, 7) is 6.45. The van der Waals surface area contributed by atoms with Crippen LogP contribution in [0.4, 0.5) is 4.39 Å². The summed E-state index contributed by atoms with van der Waals surface area (Å²) in [4.78, 5) is 2.39. The normalized spacial score (nSPS) is 33.0. The fourth-order valence-corrected chi connectivity index (χ4v) is 1.96. The first kappa shape index (κ1) is 8.98. The van der Waals surface area contributed by atoms with E-state index >= 15 is 0 Å². The lowest BCUT2D eigenvalue weighted by atomic mass is 10.1. The quantitative estimate of drug-likeness (QED) is 0.609. The van der Waals surface area contributed by atoms with Crippen LogP contribution < -0.4 is 0 Å². The minimum Gasteiger partial charge on any atom is -0.300 e. The van der Waals surface area contributed by atoms with Crippen molar-refractivity contribution in [3.8, 4) is 0 Å². The Morgan fingerprint density at radius 1 is 1.45 bits per heavy atom. The zero-order valence-corrected chi connectivity index (χ0v) is 7.52. The molecule has 1 nitrogen and oxygen atoms in total. The zero-order valence-electron chi connectivity index (χ0n) is 7.52. The highest BCUT2D eigenvalue weighted by atomic mass is 19.1. The van der Waals surface area contributed by atoms with Crippen molar-refractivity contribution >= 4 is 0 Å². The molecule has 1 aliphatic rings. The lowest BCUT2D eigenvalue weighted by molar-refractivity contribution is 0.251. The van der Waals surface area contributed by atoms with E-state index < -0.39 is 0 Å². The van der Waals surface area contributed by atoms with E-state index in [4.69, 9.17) is 0 Å². The van der Waals surface area contributed by atoms with Crippen LogP contribution in [0.2, 0.25) is 0 Å². The standard InChI is InChI=1S/C9H18FN/c1-8-6-9(2)11(7-8)5-3-4-10/h8-9H,3-7H2,1-2H3. The Morgan fingerprint density at radius 2 is 2.18 bits per heavy atom. The molecule has 1 saturated heterocycles. The van der Waals surface area contributed by atoms with Gasteiger partial charge in [-0.15, -0.1) is 0 Å². The Balaban J connectivity index is 2.23. The van der Waals surface area contributed by atoms with Crippen LogP contribution in [0.5, 0.6) is 0 Å². The molecule has 2 atom stereocenters. The molecule has 0 N–H and O–H groups in total. The monoisotopic (exact) mass is 159 g/mol. The molecule has 66 valence electrons. The summed E-state index contributed by atoms with van der Waals surface area (Å²) in [6, 6.07) is 0.677.